The van der Waals surface area contributed by atoms with E-state index in [-0.39, 0.29) is 11.4 Å². The molecule has 0 heterocycles. The number of carbonyl (C=O) groups excluding carboxylic acids is 1. The summed E-state index contributed by atoms with van der Waals surface area (Å²) in [5, 5.41) is 3.81. The molecule has 33 heavy (non-hydrogen) atoms. The van der Waals surface area contributed by atoms with E-state index in [1.807, 2.05) is 24.3 Å². The molecule has 1 fully saturated rings. The molecule has 1 unspecified atom stereocenters. The standard InChI is InChI=1S/C29H33NO3/c1-29(2)16-15-25(30-19-22-10-11-22)28-24(29)17-23(18-26(28)32-3)12-9-20-5-7-21(8-6-20)13-14-27(31)33-4/h5-8,13-14,17-18,22,25,30H,10-11,15-16,19H2,1-4H3. The number of carbonyl (C=O) groups is 1. The van der Waals surface area contributed by atoms with Crippen LogP contribution in [0.2, 0.25) is 0 Å². The highest BCUT2D eigenvalue weighted by Gasteiger charge is 2.36. The minimum Gasteiger partial charge on any atom is -0.496 e. The molecule has 0 bridgehead atoms. The molecule has 1 saturated carbocycles. The Bertz CT molecular complexity index is 1100. The Morgan fingerprint density at radius 2 is 1.82 bits per heavy atom. The number of nitrogens with one attached hydrogen (secondary N) is 1. The van der Waals surface area contributed by atoms with Gasteiger partial charge in [0.05, 0.1) is 14.2 Å². The maximum Gasteiger partial charge on any atom is 0.330 e. The van der Waals surface area contributed by atoms with Gasteiger partial charge in [0.2, 0.25) is 0 Å². The third-order valence-corrected chi connectivity index (χ3v) is 6.72. The Morgan fingerprint density at radius 1 is 1.09 bits per heavy atom. The maximum absolute atomic E-state index is 11.3. The normalized spacial score (nSPS) is 18.8. The second-order valence-electron chi connectivity index (χ2n) is 9.70. The van der Waals surface area contributed by atoms with Crippen LogP contribution in [0.25, 0.3) is 6.08 Å². The lowest BCUT2D eigenvalue weighted by molar-refractivity contribution is -0.134. The second kappa shape index (κ2) is 9.85. The van der Waals surface area contributed by atoms with Gasteiger partial charge in [0, 0.05) is 28.8 Å². The van der Waals surface area contributed by atoms with Gasteiger partial charge in [0.1, 0.15) is 5.75 Å². The molecule has 4 nitrogen and oxygen atoms in total. The molecule has 1 N–H and O–H groups in total. The van der Waals surface area contributed by atoms with Crippen molar-refractivity contribution in [2.24, 2.45) is 5.92 Å². The SMILES string of the molecule is COC(=O)C=Cc1ccc(C#Cc2cc(OC)c3c(c2)C(C)(C)CCC3NCC2CC2)cc1. The van der Waals surface area contributed by atoms with Crippen LogP contribution in [0.4, 0.5) is 0 Å². The van der Waals surface area contributed by atoms with E-state index in [1.165, 1.54) is 37.2 Å². The summed E-state index contributed by atoms with van der Waals surface area (Å²) in [6.45, 7) is 5.74. The quantitative estimate of drug-likeness (QED) is 0.369. The van der Waals surface area contributed by atoms with E-state index in [4.69, 9.17) is 4.74 Å². The summed E-state index contributed by atoms with van der Waals surface area (Å²) < 4.78 is 10.5. The van der Waals surface area contributed by atoms with Gasteiger partial charge in [-0.05, 0) is 85.0 Å². The molecule has 4 rings (SSSR count). The number of hydrogen-bond donors (Lipinski definition) is 1. The predicted molar refractivity (Wildman–Crippen MR) is 132 cm³/mol. The zero-order chi connectivity index (χ0) is 23.4. The van der Waals surface area contributed by atoms with Crippen LogP contribution in [0.15, 0.2) is 42.5 Å². The van der Waals surface area contributed by atoms with E-state index in [1.54, 1.807) is 13.2 Å². The average molecular weight is 444 g/mol. The van der Waals surface area contributed by atoms with E-state index in [0.717, 1.165) is 47.7 Å². The monoisotopic (exact) mass is 443 g/mol. The van der Waals surface area contributed by atoms with Crippen molar-refractivity contribution in [3.05, 3.63) is 70.3 Å². The molecule has 172 valence electrons. The van der Waals surface area contributed by atoms with Crippen LogP contribution >= 0.6 is 0 Å². The molecule has 2 aromatic carbocycles. The van der Waals surface area contributed by atoms with Gasteiger partial charge in [0.25, 0.3) is 0 Å². The van der Waals surface area contributed by atoms with E-state index in [0.29, 0.717) is 6.04 Å². The lowest BCUT2D eigenvalue weighted by Crippen LogP contribution is -2.34. The van der Waals surface area contributed by atoms with Crippen LogP contribution in [-0.2, 0) is 14.9 Å². The summed E-state index contributed by atoms with van der Waals surface area (Å²) in [5.74, 6) is 8.02. The third kappa shape index (κ3) is 5.67. The highest BCUT2D eigenvalue weighted by molar-refractivity contribution is 5.86. The first-order chi connectivity index (χ1) is 15.9. The van der Waals surface area contributed by atoms with E-state index >= 15 is 0 Å². The first kappa shape index (κ1) is 23.1. The zero-order valence-corrected chi connectivity index (χ0v) is 20.0. The average Bonchev–Trinajstić information content (AvgIpc) is 3.65. The molecule has 0 saturated heterocycles. The van der Waals surface area contributed by atoms with Crippen molar-refractivity contribution in [3.8, 4) is 17.6 Å². The van der Waals surface area contributed by atoms with Crippen LogP contribution in [0, 0.1) is 17.8 Å². The molecule has 0 amide bonds. The Labute approximate surface area is 197 Å². The zero-order valence-electron chi connectivity index (χ0n) is 20.0. The number of esters is 1. The van der Waals surface area contributed by atoms with Gasteiger partial charge in [-0.15, -0.1) is 0 Å². The molecule has 4 heteroatoms. The van der Waals surface area contributed by atoms with Gasteiger partial charge in [-0.3, -0.25) is 0 Å². The first-order valence-corrected chi connectivity index (χ1v) is 11.7. The molecule has 2 aliphatic carbocycles. The molecule has 2 aromatic rings. The van der Waals surface area contributed by atoms with Crippen LogP contribution in [0.5, 0.6) is 5.75 Å². The van der Waals surface area contributed by atoms with Crippen molar-refractivity contribution in [2.45, 2.75) is 51.0 Å². The first-order valence-electron chi connectivity index (χ1n) is 11.7. The Hall–Kier alpha value is -3.03. The lowest BCUT2D eigenvalue weighted by atomic mass is 9.70. The Morgan fingerprint density at radius 3 is 2.48 bits per heavy atom. The fourth-order valence-electron chi connectivity index (χ4n) is 4.46. The van der Waals surface area contributed by atoms with E-state index < -0.39 is 0 Å². The largest absolute Gasteiger partial charge is 0.496 e. The molecular formula is C29H33NO3. The third-order valence-electron chi connectivity index (χ3n) is 6.72. The summed E-state index contributed by atoms with van der Waals surface area (Å²) in [4.78, 5) is 11.3. The fourth-order valence-corrected chi connectivity index (χ4v) is 4.46. The Kier molecular flexibility index (Phi) is 6.91. The van der Waals surface area contributed by atoms with Crippen LogP contribution in [0.1, 0.15) is 73.4 Å². The van der Waals surface area contributed by atoms with Crippen molar-refractivity contribution >= 4 is 12.0 Å². The number of methoxy groups -OCH3 is 2. The summed E-state index contributed by atoms with van der Waals surface area (Å²) in [6, 6.07) is 12.5. The van der Waals surface area contributed by atoms with Crippen molar-refractivity contribution < 1.29 is 14.3 Å². The van der Waals surface area contributed by atoms with Gasteiger partial charge in [-0.25, -0.2) is 4.79 Å². The summed E-state index contributed by atoms with van der Waals surface area (Å²) >= 11 is 0. The van der Waals surface area contributed by atoms with Crippen LogP contribution in [0.3, 0.4) is 0 Å². The fraction of sp³-hybridized carbons (Fsp3) is 0.414. The van der Waals surface area contributed by atoms with Crippen LogP contribution in [-0.4, -0.2) is 26.7 Å². The summed E-state index contributed by atoms with van der Waals surface area (Å²) in [7, 11) is 3.12. The van der Waals surface area contributed by atoms with Gasteiger partial charge in [-0.1, -0.05) is 37.8 Å². The van der Waals surface area contributed by atoms with Crippen molar-refractivity contribution in [3.63, 3.8) is 0 Å². The van der Waals surface area contributed by atoms with Gasteiger partial charge in [0.15, 0.2) is 0 Å². The minimum absolute atomic E-state index is 0.0890. The second-order valence-corrected chi connectivity index (χ2v) is 9.70. The van der Waals surface area contributed by atoms with Crippen molar-refractivity contribution in [1.82, 2.24) is 5.32 Å². The summed E-state index contributed by atoms with van der Waals surface area (Å²) in [5.41, 5.74) is 5.55. The predicted octanol–water partition coefficient (Wildman–Crippen LogP) is 5.39. The molecule has 0 spiro atoms. The number of benzene rings is 2. The van der Waals surface area contributed by atoms with E-state index in [9.17, 15) is 4.79 Å². The van der Waals surface area contributed by atoms with Crippen LogP contribution < -0.4 is 10.1 Å². The molecular weight excluding hydrogens is 410 g/mol. The summed E-state index contributed by atoms with van der Waals surface area (Å²) in [6.07, 6.45) is 8.12. The number of ether oxygens (including phenoxy) is 2. The Balaban J connectivity index is 1.59. The van der Waals surface area contributed by atoms with Gasteiger partial charge < -0.3 is 14.8 Å². The van der Waals surface area contributed by atoms with Crippen molar-refractivity contribution in [1.29, 1.82) is 0 Å². The van der Waals surface area contributed by atoms with Crippen molar-refractivity contribution in [2.75, 3.05) is 20.8 Å². The smallest absolute Gasteiger partial charge is 0.330 e. The lowest BCUT2D eigenvalue weighted by Gasteiger charge is -2.38. The number of fused-ring (bicyclic) bond motifs is 1. The molecule has 0 aliphatic heterocycles. The molecule has 2 aliphatic rings. The highest BCUT2D eigenvalue weighted by Crippen LogP contribution is 2.46. The molecule has 1 atom stereocenters. The minimum atomic E-state index is -0.367. The van der Waals surface area contributed by atoms with E-state index in [2.05, 4.69) is 47.9 Å². The highest BCUT2D eigenvalue weighted by atomic mass is 16.5. The topological polar surface area (TPSA) is 47.6 Å². The maximum atomic E-state index is 11.3. The number of rotatable bonds is 6. The van der Waals surface area contributed by atoms with Gasteiger partial charge in [-0.2, -0.15) is 0 Å². The number of hydrogen-bond acceptors (Lipinski definition) is 4. The molecule has 0 radical (unpaired) electrons. The van der Waals surface area contributed by atoms with Gasteiger partial charge >= 0.3 is 5.97 Å². The molecule has 0 aromatic heterocycles.